The van der Waals surface area contributed by atoms with Crippen molar-refractivity contribution in [3.05, 3.63) is 81.2 Å². The van der Waals surface area contributed by atoms with Gasteiger partial charge >= 0.3 is 5.63 Å². The van der Waals surface area contributed by atoms with E-state index in [1.165, 1.54) is 17.8 Å². The predicted molar refractivity (Wildman–Crippen MR) is 110 cm³/mol. The van der Waals surface area contributed by atoms with Crippen LogP contribution in [0, 0.1) is 0 Å². The standard InChI is InChI=1S/C20H15N3O4S/c24-18(21-13-6-7-16-12(9-13)5-8-19(25)27-16)11-28-10-17-22-15-4-2-1-3-14(15)20(26)23-17/h1-9H,10-11H2,(H,21,24)(H,22,23,26). The van der Waals surface area contributed by atoms with Gasteiger partial charge in [-0.25, -0.2) is 9.78 Å². The zero-order valence-corrected chi connectivity index (χ0v) is 15.4. The number of fused-ring (bicyclic) bond motifs is 2. The molecule has 2 heterocycles. The molecule has 2 aromatic heterocycles. The third kappa shape index (κ3) is 3.96. The summed E-state index contributed by atoms with van der Waals surface area (Å²) in [5.74, 6) is 0.974. The molecule has 140 valence electrons. The van der Waals surface area contributed by atoms with Crippen LogP contribution in [0.2, 0.25) is 0 Å². The molecule has 0 aliphatic heterocycles. The van der Waals surface area contributed by atoms with Gasteiger partial charge in [-0.3, -0.25) is 9.59 Å². The van der Waals surface area contributed by atoms with Crippen molar-refractivity contribution in [3.63, 3.8) is 0 Å². The van der Waals surface area contributed by atoms with Gasteiger partial charge in [0, 0.05) is 17.1 Å². The van der Waals surface area contributed by atoms with E-state index in [2.05, 4.69) is 15.3 Å². The second-order valence-corrected chi connectivity index (χ2v) is 7.06. The Morgan fingerprint density at radius 3 is 2.86 bits per heavy atom. The molecule has 0 aliphatic rings. The van der Waals surface area contributed by atoms with E-state index in [1.807, 2.05) is 6.07 Å². The molecule has 8 heteroatoms. The number of H-pyrrole nitrogens is 1. The topological polar surface area (TPSA) is 105 Å². The summed E-state index contributed by atoms with van der Waals surface area (Å²) in [7, 11) is 0. The van der Waals surface area contributed by atoms with Gasteiger partial charge in [-0.2, -0.15) is 0 Å². The van der Waals surface area contributed by atoms with E-state index in [0.717, 1.165) is 5.39 Å². The zero-order valence-electron chi connectivity index (χ0n) is 14.6. The summed E-state index contributed by atoms with van der Waals surface area (Å²) in [5, 5.41) is 4.07. The average Bonchev–Trinajstić information content (AvgIpc) is 2.68. The Morgan fingerprint density at radius 1 is 1.11 bits per heavy atom. The number of aromatic amines is 1. The van der Waals surface area contributed by atoms with Crippen LogP contribution < -0.4 is 16.5 Å². The maximum Gasteiger partial charge on any atom is 0.336 e. The van der Waals surface area contributed by atoms with Gasteiger partial charge in [0.15, 0.2) is 0 Å². The lowest BCUT2D eigenvalue weighted by Crippen LogP contribution is -2.15. The fourth-order valence-electron chi connectivity index (χ4n) is 2.79. The number of rotatable bonds is 5. The first-order valence-corrected chi connectivity index (χ1v) is 9.63. The van der Waals surface area contributed by atoms with E-state index in [4.69, 9.17) is 4.42 Å². The normalized spacial score (nSPS) is 11.0. The van der Waals surface area contributed by atoms with Crippen molar-refractivity contribution >= 4 is 45.2 Å². The summed E-state index contributed by atoms with van der Waals surface area (Å²) in [4.78, 5) is 42.6. The molecule has 4 rings (SSSR count). The molecule has 0 atom stereocenters. The van der Waals surface area contributed by atoms with Gasteiger partial charge < -0.3 is 14.7 Å². The van der Waals surface area contributed by atoms with Crippen LogP contribution in [0.4, 0.5) is 5.69 Å². The Morgan fingerprint density at radius 2 is 1.96 bits per heavy atom. The number of amides is 1. The molecule has 0 bridgehead atoms. The predicted octanol–water partition coefficient (Wildman–Crippen LogP) is 2.90. The number of hydrogen-bond acceptors (Lipinski definition) is 6. The van der Waals surface area contributed by atoms with Crippen LogP contribution in [-0.2, 0) is 10.5 Å². The highest BCUT2D eigenvalue weighted by molar-refractivity contribution is 7.99. The molecule has 0 fully saturated rings. The number of hydrogen-bond donors (Lipinski definition) is 2. The lowest BCUT2D eigenvalue weighted by Gasteiger charge is -2.06. The summed E-state index contributed by atoms with van der Waals surface area (Å²) < 4.78 is 5.07. The molecule has 0 radical (unpaired) electrons. The summed E-state index contributed by atoms with van der Waals surface area (Å²) in [6.07, 6.45) is 0. The fourth-order valence-corrected chi connectivity index (χ4v) is 3.48. The third-order valence-corrected chi connectivity index (χ3v) is 4.98. The van der Waals surface area contributed by atoms with Crippen LogP contribution in [0.1, 0.15) is 5.82 Å². The van der Waals surface area contributed by atoms with Crippen LogP contribution in [0.15, 0.2) is 68.6 Å². The molecule has 1 amide bonds. The van der Waals surface area contributed by atoms with Crippen molar-refractivity contribution < 1.29 is 9.21 Å². The van der Waals surface area contributed by atoms with Crippen LogP contribution in [0.3, 0.4) is 0 Å². The minimum Gasteiger partial charge on any atom is -0.423 e. The van der Waals surface area contributed by atoms with E-state index >= 15 is 0 Å². The minimum absolute atomic E-state index is 0.176. The Bertz CT molecular complexity index is 1300. The third-order valence-electron chi connectivity index (χ3n) is 4.04. The van der Waals surface area contributed by atoms with Gasteiger partial charge in [-0.1, -0.05) is 12.1 Å². The molecule has 0 saturated heterocycles. The van der Waals surface area contributed by atoms with Gasteiger partial charge in [0.05, 0.1) is 22.4 Å². The van der Waals surface area contributed by atoms with Crippen molar-refractivity contribution in [1.29, 1.82) is 0 Å². The summed E-state index contributed by atoms with van der Waals surface area (Å²) in [5.41, 5.74) is 1.11. The number of aromatic nitrogens is 2. The van der Waals surface area contributed by atoms with Crippen LogP contribution in [0.5, 0.6) is 0 Å². The maximum atomic E-state index is 12.2. The molecular formula is C20H15N3O4S. The fraction of sp³-hybridized carbons (Fsp3) is 0.100. The largest absolute Gasteiger partial charge is 0.423 e. The van der Waals surface area contributed by atoms with Gasteiger partial charge in [-0.05, 0) is 36.4 Å². The highest BCUT2D eigenvalue weighted by atomic mass is 32.2. The second kappa shape index (κ2) is 7.69. The van der Waals surface area contributed by atoms with Crippen molar-refractivity contribution in [2.45, 2.75) is 5.75 Å². The van der Waals surface area contributed by atoms with Crippen molar-refractivity contribution in [2.75, 3.05) is 11.1 Å². The molecule has 0 unspecified atom stereocenters. The van der Waals surface area contributed by atoms with Gasteiger partial charge in [0.1, 0.15) is 11.4 Å². The van der Waals surface area contributed by atoms with E-state index in [-0.39, 0.29) is 17.2 Å². The smallest absolute Gasteiger partial charge is 0.336 e. The first kappa shape index (κ1) is 18.0. The SMILES string of the molecule is O=C(CSCc1nc2ccccc2c(=O)[nH]1)Nc1ccc2oc(=O)ccc2c1. The highest BCUT2D eigenvalue weighted by Crippen LogP contribution is 2.18. The molecule has 7 nitrogen and oxygen atoms in total. The van der Waals surface area contributed by atoms with E-state index in [9.17, 15) is 14.4 Å². The monoisotopic (exact) mass is 393 g/mol. The number of nitrogens with zero attached hydrogens (tertiary/aromatic N) is 1. The molecule has 2 aromatic carbocycles. The number of carbonyl (C=O) groups is 1. The Hall–Kier alpha value is -3.39. The van der Waals surface area contributed by atoms with Crippen molar-refractivity contribution in [1.82, 2.24) is 9.97 Å². The average molecular weight is 393 g/mol. The Kier molecular flexibility index (Phi) is 4.94. The number of carbonyl (C=O) groups excluding carboxylic acids is 1. The number of para-hydroxylation sites is 1. The van der Waals surface area contributed by atoms with Crippen LogP contribution >= 0.6 is 11.8 Å². The first-order valence-electron chi connectivity index (χ1n) is 8.48. The second-order valence-electron chi connectivity index (χ2n) is 6.08. The first-order chi connectivity index (χ1) is 13.6. The Labute approximate surface area is 162 Å². The van der Waals surface area contributed by atoms with Crippen LogP contribution in [0.25, 0.3) is 21.9 Å². The van der Waals surface area contributed by atoms with Crippen LogP contribution in [-0.4, -0.2) is 21.6 Å². The molecule has 28 heavy (non-hydrogen) atoms. The Balaban J connectivity index is 1.38. The van der Waals surface area contributed by atoms with Crippen molar-refractivity contribution in [2.24, 2.45) is 0 Å². The van der Waals surface area contributed by atoms with E-state index in [0.29, 0.717) is 33.8 Å². The van der Waals surface area contributed by atoms with Gasteiger partial charge in [0.2, 0.25) is 5.91 Å². The molecule has 0 aliphatic carbocycles. The zero-order chi connectivity index (χ0) is 19.5. The maximum absolute atomic E-state index is 12.2. The van der Waals surface area contributed by atoms with Gasteiger partial charge in [0.25, 0.3) is 5.56 Å². The lowest BCUT2D eigenvalue weighted by atomic mass is 10.2. The van der Waals surface area contributed by atoms with E-state index in [1.54, 1.807) is 42.5 Å². The number of nitrogens with one attached hydrogen (secondary N) is 2. The molecule has 4 aromatic rings. The van der Waals surface area contributed by atoms with Crippen molar-refractivity contribution in [3.8, 4) is 0 Å². The summed E-state index contributed by atoms with van der Waals surface area (Å²) in [6, 6.07) is 15.2. The lowest BCUT2D eigenvalue weighted by molar-refractivity contribution is -0.113. The quantitative estimate of drug-likeness (QED) is 0.505. The number of anilines is 1. The summed E-state index contributed by atoms with van der Waals surface area (Å²) >= 11 is 1.35. The number of benzene rings is 2. The summed E-state index contributed by atoms with van der Waals surface area (Å²) in [6.45, 7) is 0. The molecular weight excluding hydrogens is 378 g/mol. The van der Waals surface area contributed by atoms with E-state index < -0.39 is 5.63 Å². The number of thioether (sulfide) groups is 1. The molecule has 2 N–H and O–H groups in total. The molecule has 0 spiro atoms. The highest BCUT2D eigenvalue weighted by Gasteiger charge is 2.07. The van der Waals surface area contributed by atoms with Gasteiger partial charge in [-0.15, -0.1) is 11.8 Å². The molecule has 0 saturated carbocycles. The minimum atomic E-state index is -0.416.